The first-order valence-corrected chi connectivity index (χ1v) is 5.99. The van der Waals surface area contributed by atoms with Crippen molar-refractivity contribution in [3.8, 4) is 5.88 Å². The van der Waals surface area contributed by atoms with Crippen LogP contribution in [0.5, 0.6) is 5.88 Å². The first-order valence-electron chi connectivity index (χ1n) is 5.99. The van der Waals surface area contributed by atoms with Crippen molar-refractivity contribution < 1.29 is 9.53 Å². The molecule has 0 spiro atoms. The predicted molar refractivity (Wildman–Crippen MR) is 67.5 cm³/mol. The normalized spacial score (nSPS) is 10.6. The minimum Gasteiger partial charge on any atom is -0.476 e. The van der Waals surface area contributed by atoms with Crippen LogP contribution >= 0.6 is 0 Å². The van der Waals surface area contributed by atoms with Crippen molar-refractivity contribution in [2.45, 2.75) is 20.8 Å². The molecule has 1 aromatic heterocycles. The van der Waals surface area contributed by atoms with Gasteiger partial charge in [0.05, 0.1) is 0 Å². The van der Waals surface area contributed by atoms with Crippen molar-refractivity contribution in [3.05, 3.63) is 23.9 Å². The summed E-state index contributed by atoms with van der Waals surface area (Å²) in [5.74, 6) is 0.592. The van der Waals surface area contributed by atoms with E-state index in [-0.39, 0.29) is 5.78 Å². The van der Waals surface area contributed by atoms with E-state index in [4.69, 9.17) is 4.74 Å². The molecular weight excluding hydrogens is 216 g/mol. The summed E-state index contributed by atoms with van der Waals surface area (Å²) in [4.78, 5) is 17.4. The van der Waals surface area contributed by atoms with Crippen molar-refractivity contribution in [1.82, 2.24) is 9.88 Å². The molecule has 0 N–H and O–H groups in total. The number of Topliss-reactive ketones (excluding diaryl/α,β-unsaturated/α-hetero) is 1. The Labute approximate surface area is 103 Å². The zero-order valence-electron chi connectivity index (χ0n) is 10.8. The molecule has 1 aromatic rings. The molecule has 0 aliphatic heterocycles. The van der Waals surface area contributed by atoms with Gasteiger partial charge in [-0.15, -0.1) is 0 Å². The van der Waals surface area contributed by atoms with Crippen molar-refractivity contribution in [1.29, 1.82) is 0 Å². The summed E-state index contributed by atoms with van der Waals surface area (Å²) >= 11 is 0. The first-order chi connectivity index (χ1) is 8.17. The Morgan fingerprint density at radius 3 is 2.53 bits per heavy atom. The molecule has 4 heteroatoms. The molecule has 0 bridgehead atoms. The highest BCUT2D eigenvalue weighted by Crippen LogP contribution is 2.07. The van der Waals surface area contributed by atoms with Crippen LogP contribution in [0.1, 0.15) is 31.1 Å². The molecule has 1 rings (SSSR count). The topological polar surface area (TPSA) is 42.4 Å². The fourth-order valence-corrected chi connectivity index (χ4v) is 1.49. The van der Waals surface area contributed by atoms with Crippen LogP contribution in [0.4, 0.5) is 0 Å². The third-order valence-electron chi connectivity index (χ3n) is 2.69. The van der Waals surface area contributed by atoms with Gasteiger partial charge in [-0.25, -0.2) is 4.98 Å². The minimum atomic E-state index is 0.0205. The summed E-state index contributed by atoms with van der Waals surface area (Å²) in [7, 11) is 0. The number of carbonyl (C=O) groups excluding carboxylic acids is 1. The highest BCUT2D eigenvalue weighted by Gasteiger charge is 2.02. The summed E-state index contributed by atoms with van der Waals surface area (Å²) < 4.78 is 5.51. The third-order valence-corrected chi connectivity index (χ3v) is 2.69. The van der Waals surface area contributed by atoms with E-state index in [0.717, 1.165) is 19.6 Å². The molecule has 0 saturated carbocycles. The number of nitrogens with zero attached hydrogens (tertiary/aromatic N) is 2. The molecule has 4 nitrogen and oxygen atoms in total. The molecule has 0 atom stereocenters. The van der Waals surface area contributed by atoms with Crippen molar-refractivity contribution in [3.63, 3.8) is 0 Å². The number of ether oxygens (including phenoxy) is 1. The maximum Gasteiger partial charge on any atom is 0.213 e. The minimum absolute atomic E-state index is 0.0205. The third kappa shape index (κ3) is 4.53. The monoisotopic (exact) mass is 236 g/mol. The molecule has 0 unspecified atom stereocenters. The van der Waals surface area contributed by atoms with E-state index in [0.29, 0.717) is 18.1 Å². The highest BCUT2D eigenvalue weighted by atomic mass is 16.5. The lowest BCUT2D eigenvalue weighted by Gasteiger charge is -2.17. The Bertz CT molecular complexity index is 345. The highest BCUT2D eigenvalue weighted by molar-refractivity contribution is 5.93. The van der Waals surface area contributed by atoms with Gasteiger partial charge in [0.1, 0.15) is 6.61 Å². The van der Waals surface area contributed by atoms with Crippen LogP contribution in [0.15, 0.2) is 18.3 Å². The summed E-state index contributed by atoms with van der Waals surface area (Å²) in [6.45, 7) is 9.34. The molecule has 0 amide bonds. The van der Waals surface area contributed by atoms with Gasteiger partial charge < -0.3 is 9.64 Å². The van der Waals surface area contributed by atoms with Gasteiger partial charge in [-0.1, -0.05) is 13.8 Å². The second kappa shape index (κ2) is 7.01. The Morgan fingerprint density at radius 1 is 1.35 bits per heavy atom. The van der Waals surface area contributed by atoms with E-state index in [1.807, 2.05) is 0 Å². The van der Waals surface area contributed by atoms with E-state index in [1.165, 1.54) is 6.92 Å². The Kier molecular flexibility index (Phi) is 5.63. The second-order valence-corrected chi connectivity index (χ2v) is 3.82. The summed E-state index contributed by atoms with van der Waals surface area (Å²) in [5, 5.41) is 0. The maximum absolute atomic E-state index is 11.1. The number of hydrogen-bond donors (Lipinski definition) is 0. The summed E-state index contributed by atoms with van der Waals surface area (Å²) in [5.41, 5.74) is 0.612. The number of likely N-dealkylation sites (N-methyl/N-ethyl adjacent to an activating group) is 1. The van der Waals surface area contributed by atoms with Crippen LogP contribution in [0.2, 0.25) is 0 Å². The molecule has 94 valence electrons. The van der Waals surface area contributed by atoms with Crippen LogP contribution in [-0.2, 0) is 0 Å². The van der Waals surface area contributed by atoms with Crippen molar-refractivity contribution in [2.75, 3.05) is 26.2 Å². The Morgan fingerprint density at radius 2 is 2.06 bits per heavy atom. The van der Waals surface area contributed by atoms with Crippen molar-refractivity contribution >= 4 is 5.78 Å². The SMILES string of the molecule is CCN(CC)CCOc1ccc(C(C)=O)cn1. The first kappa shape index (κ1) is 13.6. The van der Waals surface area contributed by atoms with Crippen LogP contribution in [0.3, 0.4) is 0 Å². The van der Waals surface area contributed by atoms with Gasteiger partial charge in [0.15, 0.2) is 5.78 Å². The molecular formula is C13H20N2O2. The van der Waals surface area contributed by atoms with Gasteiger partial charge >= 0.3 is 0 Å². The van der Waals surface area contributed by atoms with E-state index >= 15 is 0 Å². The summed E-state index contributed by atoms with van der Waals surface area (Å²) in [6.07, 6.45) is 1.55. The van der Waals surface area contributed by atoms with Gasteiger partial charge in [-0.3, -0.25) is 4.79 Å². The standard InChI is InChI=1S/C13H20N2O2/c1-4-15(5-2)8-9-17-13-7-6-12(10-14-13)11(3)16/h6-7,10H,4-5,8-9H2,1-3H3. The lowest BCUT2D eigenvalue weighted by molar-refractivity contribution is 0.101. The fraction of sp³-hybridized carbons (Fsp3) is 0.538. The molecule has 1 heterocycles. The van der Waals surface area contributed by atoms with Gasteiger partial charge in [0.2, 0.25) is 5.88 Å². The van der Waals surface area contributed by atoms with Gasteiger partial charge in [-0.2, -0.15) is 0 Å². The Hall–Kier alpha value is -1.42. The van der Waals surface area contributed by atoms with Crippen molar-refractivity contribution in [2.24, 2.45) is 0 Å². The average Bonchev–Trinajstić information content (AvgIpc) is 2.35. The number of ketones is 1. The van der Waals surface area contributed by atoms with E-state index in [2.05, 4.69) is 23.7 Å². The van der Waals surface area contributed by atoms with Crippen LogP contribution in [-0.4, -0.2) is 41.9 Å². The van der Waals surface area contributed by atoms with Crippen LogP contribution in [0.25, 0.3) is 0 Å². The summed E-state index contributed by atoms with van der Waals surface area (Å²) in [6, 6.07) is 3.47. The fourth-order valence-electron chi connectivity index (χ4n) is 1.49. The Balaban J connectivity index is 2.39. The average molecular weight is 236 g/mol. The predicted octanol–water partition coefficient (Wildman–Crippen LogP) is 2.00. The molecule has 0 aliphatic carbocycles. The number of carbonyl (C=O) groups is 1. The molecule has 17 heavy (non-hydrogen) atoms. The van der Waals surface area contributed by atoms with Gasteiger partial charge in [-0.05, 0) is 26.1 Å². The smallest absolute Gasteiger partial charge is 0.213 e. The van der Waals surface area contributed by atoms with E-state index in [9.17, 15) is 4.79 Å². The molecule has 0 radical (unpaired) electrons. The zero-order chi connectivity index (χ0) is 12.7. The second-order valence-electron chi connectivity index (χ2n) is 3.82. The number of pyridine rings is 1. The van der Waals surface area contributed by atoms with E-state index < -0.39 is 0 Å². The zero-order valence-corrected chi connectivity index (χ0v) is 10.8. The van der Waals surface area contributed by atoms with E-state index in [1.54, 1.807) is 18.3 Å². The van der Waals surface area contributed by atoms with Gasteiger partial charge in [0.25, 0.3) is 0 Å². The quantitative estimate of drug-likeness (QED) is 0.679. The number of rotatable bonds is 7. The molecule has 0 fully saturated rings. The largest absolute Gasteiger partial charge is 0.476 e. The lowest BCUT2D eigenvalue weighted by Crippen LogP contribution is -2.28. The molecule has 0 saturated heterocycles. The maximum atomic E-state index is 11.1. The number of hydrogen-bond acceptors (Lipinski definition) is 4. The number of aromatic nitrogens is 1. The molecule has 0 aromatic carbocycles. The van der Waals surface area contributed by atoms with Crippen LogP contribution < -0.4 is 4.74 Å². The van der Waals surface area contributed by atoms with Crippen LogP contribution in [0, 0.1) is 0 Å². The lowest BCUT2D eigenvalue weighted by atomic mass is 10.2. The molecule has 0 aliphatic rings. The van der Waals surface area contributed by atoms with Gasteiger partial charge in [0, 0.05) is 24.4 Å².